The summed E-state index contributed by atoms with van der Waals surface area (Å²) >= 11 is 7.74. The Bertz CT molecular complexity index is 379. The van der Waals surface area contributed by atoms with Crippen LogP contribution in [0.4, 0.5) is 0 Å². The Hall–Kier alpha value is -0.0900. The Labute approximate surface area is 112 Å². The summed E-state index contributed by atoms with van der Waals surface area (Å²) in [5.41, 5.74) is 0. The van der Waals surface area contributed by atoms with Gasteiger partial charge in [0.1, 0.15) is 0 Å². The molecular formula is C13H19ClN2S. The van der Waals surface area contributed by atoms with Gasteiger partial charge in [0.25, 0.3) is 0 Å². The lowest BCUT2D eigenvalue weighted by molar-refractivity contribution is 0.254. The molecule has 17 heavy (non-hydrogen) atoms. The van der Waals surface area contributed by atoms with Gasteiger partial charge >= 0.3 is 0 Å². The molecule has 3 unspecified atom stereocenters. The summed E-state index contributed by atoms with van der Waals surface area (Å²) in [4.78, 5) is 4.00. The van der Waals surface area contributed by atoms with Gasteiger partial charge in [0, 0.05) is 30.1 Å². The minimum Gasteiger partial charge on any atom is -0.312 e. The Morgan fingerprint density at radius 1 is 1.47 bits per heavy atom. The van der Waals surface area contributed by atoms with Gasteiger partial charge in [-0.1, -0.05) is 11.6 Å². The number of likely N-dealkylation sites (tertiary alicyclic amines) is 1. The van der Waals surface area contributed by atoms with Crippen LogP contribution < -0.4 is 5.32 Å². The molecule has 3 heterocycles. The van der Waals surface area contributed by atoms with Gasteiger partial charge in [-0.15, -0.1) is 11.3 Å². The Kier molecular flexibility index (Phi) is 3.44. The molecule has 4 heteroatoms. The van der Waals surface area contributed by atoms with E-state index in [2.05, 4.69) is 23.2 Å². The van der Waals surface area contributed by atoms with Gasteiger partial charge in [-0.25, -0.2) is 0 Å². The van der Waals surface area contributed by atoms with E-state index in [9.17, 15) is 0 Å². The number of rotatable bonds is 2. The van der Waals surface area contributed by atoms with Crippen molar-refractivity contribution in [1.29, 1.82) is 0 Å². The lowest BCUT2D eigenvalue weighted by Crippen LogP contribution is -2.40. The number of hydrogen-bond donors (Lipinski definition) is 1. The fourth-order valence-corrected chi connectivity index (χ4v) is 4.28. The van der Waals surface area contributed by atoms with Gasteiger partial charge in [0.2, 0.25) is 0 Å². The van der Waals surface area contributed by atoms with Crippen molar-refractivity contribution >= 4 is 22.9 Å². The molecule has 3 atom stereocenters. The molecule has 2 nitrogen and oxygen atoms in total. The van der Waals surface area contributed by atoms with Crippen molar-refractivity contribution in [2.24, 2.45) is 5.92 Å². The number of nitrogens with one attached hydrogen (secondary N) is 1. The average Bonchev–Trinajstić information content (AvgIpc) is 2.93. The molecule has 0 amide bonds. The van der Waals surface area contributed by atoms with Crippen molar-refractivity contribution in [3.8, 4) is 0 Å². The van der Waals surface area contributed by atoms with Crippen LogP contribution in [0.2, 0.25) is 4.34 Å². The van der Waals surface area contributed by atoms with E-state index < -0.39 is 0 Å². The maximum Gasteiger partial charge on any atom is 0.0931 e. The molecule has 2 aliphatic rings. The fourth-order valence-electron chi connectivity index (χ4n) is 3.13. The van der Waals surface area contributed by atoms with Gasteiger partial charge in [0.15, 0.2) is 0 Å². The topological polar surface area (TPSA) is 15.3 Å². The van der Waals surface area contributed by atoms with Crippen LogP contribution in [-0.2, 0) is 0 Å². The first-order chi connectivity index (χ1) is 8.24. The van der Waals surface area contributed by atoms with E-state index in [1.54, 1.807) is 11.3 Å². The van der Waals surface area contributed by atoms with Crippen molar-refractivity contribution in [3.05, 3.63) is 21.3 Å². The maximum atomic E-state index is 6.02. The summed E-state index contributed by atoms with van der Waals surface area (Å²) in [6.45, 7) is 5.95. The van der Waals surface area contributed by atoms with Crippen LogP contribution in [0.5, 0.6) is 0 Å². The number of thiophene rings is 1. The molecule has 0 spiro atoms. The number of nitrogens with zero attached hydrogens (tertiary/aromatic N) is 1. The third-order valence-corrected chi connectivity index (χ3v) is 5.58. The van der Waals surface area contributed by atoms with Gasteiger partial charge in [0.05, 0.1) is 4.34 Å². The van der Waals surface area contributed by atoms with Crippen molar-refractivity contribution in [1.82, 2.24) is 10.2 Å². The minimum atomic E-state index is 0.514. The molecule has 2 aliphatic heterocycles. The van der Waals surface area contributed by atoms with Crippen molar-refractivity contribution in [2.75, 3.05) is 19.6 Å². The zero-order valence-corrected chi connectivity index (χ0v) is 11.7. The van der Waals surface area contributed by atoms with Gasteiger partial charge < -0.3 is 5.32 Å². The van der Waals surface area contributed by atoms with E-state index in [-0.39, 0.29) is 0 Å². The van der Waals surface area contributed by atoms with E-state index >= 15 is 0 Å². The SMILES string of the molecule is CC(c1ccc(Cl)s1)N1CC2CCCNC2C1. The molecule has 1 N–H and O–H groups in total. The molecule has 2 saturated heterocycles. The lowest BCUT2D eigenvalue weighted by Gasteiger charge is -2.25. The summed E-state index contributed by atoms with van der Waals surface area (Å²) in [7, 11) is 0. The minimum absolute atomic E-state index is 0.514. The lowest BCUT2D eigenvalue weighted by atomic mass is 9.94. The standard InChI is InChI=1S/C13H19ClN2S/c1-9(12-4-5-13(14)17-12)16-7-10-3-2-6-15-11(10)8-16/h4-5,9-11,15H,2-3,6-8H2,1H3. The second-order valence-corrected chi connectivity index (χ2v) is 6.98. The molecular weight excluding hydrogens is 252 g/mol. The van der Waals surface area contributed by atoms with E-state index in [1.165, 1.54) is 37.4 Å². The second-order valence-electron chi connectivity index (χ2n) is 5.23. The summed E-state index contributed by atoms with van der Waals surface area (Å²) in [5.74, 6) is 0.863. The molecule has 0 saturated carbocycles. The molecule has 1 aromatic heterocycles. The van der Waals surface area contributed by atoms with Crippen LogP contribution in [0.25, 0.3) is 0 Å². The largest absolute Gasteiger partial charge is 0.312 e. The summed E-state index contributed by atoms with van der Waals surface area (Å²) in [6.07, 6.45) is 2.74. The van der Waals surface area contributed by atoms with E-state index in [0.717, 1.165) is 16.3 Å². The Morgan fingerprint density at radius 2 is 2.35 bits per heavy atom. The predicted molar refractivity (Wildman–Crippen MR) is 73.8 cm³/mol. The normalized spacial score (nSPS) is 31.4. The Morgan fingerprint density at radius 3 is 3.06 bits per heavy atom. The highest BCUT2D eigenvalue weighted by atomic mass is 35.5. The molecule has 0 aromatic carbocycles. The molecule has 3 rings (SSSR count). The molecule has 1 aromatic rings. The van der Waals surface area contributed by atoms with Crippen LogP contribution in [0.3, 0.4) is 0 Å². The zero-order valence-electron chi connectivity index (χ0n) is 10.2. The number of fused-ring (bicyclic) bond motifs is 1. The highest BCUT2D eigenvalue weighted by molar-refractivity contribution is 7.16. The highest BCUT2D eigenvalue weighted by Crippen LogP contribution is 2.35. The fraction of sp³-hybridized carbons (Fsp3) is 0.692. The van der Waals surface area contributed by atoms with Crippen molar-refractivity contribution in [3.63, 3.8) is 0 Å². The first kappa shape index (κ1) is 12.0. The Balaban J connectivity index is 1.69. The first-order valence-corrected chi connectivity index (χ1v) is 7.66. The highest BCUT2D eigenvalue weighted by Gasteiger charge is 2.36. The average molecular weight is 271 g/mol. The first-order valence-electron chi connectivity index (χ1n) is 6.46. The molecule has 2 fully saturated rings. The third-order valence-electron chi connectivity index (χ3n) is 4.18. The molecule has 94 valence electrons. The van der Waals surface area contributed by atoms with Crippen LogP contribution in [0, 0.1) is 5.92 Å². The number of hydrogen-bond acceptors (Lipinski definition) is 3. The third kappa shape index (κ3) is 2.39. The monoisotopic (exact) mass is 270 g/mol. The second kappa shape index (κ2) is 4.88. The molecule has 0 radical (unpaired) electrons. The van der Waals surface area contributed by atoms with Gasteiger partial charge in [-0.05, 0) is 44.4 Å². The van der Waals surface area contributed by atoms with Crippen LogP contribution >= 0.6 is 22.9 Å². The summed E-state index contributed by atoms with van der Waals surface area (Å²) in [5, 5.41) is 3.66. The quantitative estimate of drug-likeness (QED) is 0.888. The van der Waals surface area contributed by atoms with E-state index in [1.807, 2.05) is 6.07 Å². The maximum absolute atomic E-state index is 6.02. The smallest absolute Gasteiger partial charge is 0.0931 e. The van der Waals surface area contributed by atoms with E-state index in [0.29, 0.717) is 6.04 Å². The number of piperidine rings is 1. The van der Waals surface area contributed by atoms with Crippen LogP contribution in [0.1, 0.15) is 30.7 Å². The molecule has 0 bridgehead atoms. The summed E-state index contributed by atoms with van der Waals surface area (Å²) in [6, 6.07) is 5.42. The predicted octanol–water partition coefficient (Wildman–Crippen LogP) is 3.15. The number of halogens is 1. The van der Waals surface area contributed by atoms with Crippen molar-refractivity contribution in [2.45, 2.75) is 31.8 Å². The van der Waals surface area contributed by atoms with Gasteiger partial charge in [-0.2, -0.15) is 0 Å². The van der Waals surface area contributed by atoms with Crippen molar-refractivity contribution < 1.29 is 0 Å². The van der Waals surface area contributed by atoms with E-state index in [4.69, 9.17) is 11.6 Å². The summed E-state index contributed by atoms with van der Waals surface area (Å²) < 4.78 is 0.904. The van der Waals surface area contributed by atoms with Crippen LogP contribution in [0.15, 0.2) is 12.1 Å². The molecule has 0 aliphatic carbocycles. The van der Waals surface area contributed by atoms with Gasteiger partial charge in [-0.3, -0.25) is 4.90 Å². The zero-order chi connectivity index (χ0) is 11.8. The van der Waals surface area contributed by atoms with Crippen LogP contribution in [-0.4, -0.2) is 30.6 Å².